The zero-order valence-corrected chi connectivity index (χ0v) is 14.5. The van der Waals surface area contributed by atoms with E-state index in [-0.39, 0.29) is 0 Å². The van der Waals surface area contributed by atoms with Gasteiger partial charge in [-0.05, 0) is 51.4 Å². The number of unbranched alkanes of at least 4 members (excludes halogenated alkanes) is 2. The zero-order valence-electron chi connectivity index (χ0n) is 14.5. The van der Waals surface area contributed by atoms with Crippen LogP contribution in [0, 0.1) is 0 Å². The molecule has 0 aromatic heterocycles. The third-order valence-corrected chi connectivity index (χ3v) is 3.13. The van der Waals surface area contributed by atoms with Gasteiger partial charge in [-0.25, -0.2) is 0 Å². The number of allylic oxidation sites excluding steroid dienone is 10. The molecule has 0 aliphatic carbocycles. The zero-order chi connectivity index (χ0) is 16.1. The number of rotatable bonds is 14. The van der Waals surface area contributed by atoms with E-state index in [0.717, 1.165) is 51.6 Å². The molecule has 0 radical (unpaired) electrons. The van der Waals surface area contributed by atoms with Crippen molar-refractivity contribution in [3.8, 4) is 0 Å². The van der Waals surface area contributed by atoms with Gasteiger partial charge in [0.15, 0.2) is 0 Å². The van der Waals surface area contributed by atoms with Crippen LogP contribution in [0.4, 0.5) is 0 Å². The molecule has 0 aliphatic heterocycles. The first kappa shape index (κ1) is 20.7. The minimum Gasteiger partial charge on any atom is -0.385 e. The van der Waals surface area contributed by atoms with Crippen molar-refractivity contribution in [2.24, 2.45) is 0 Å². The smallest absolute Gasteiger partial charge is 0.0462 e. The molecule has 124 valence electrons. The molecule has 0 saturated heterocycles. The van der Waals surface area contributed by atoms with Crippen molar-refractivity contribution >= 4 is 0 Å². The summed E-state index contributed by atoms with van der Waals surface area (Å²) >= 11 is 0. The van der Waals surface area contributed by atoms with E-state index in [4.69, 9.17) is 4.74 Å². The highest BCUT2D eigenvalue weighted by atomic mass is 16.5. The summed E-state index contributed by atoms with van der Waals surface area (Å²) < 4.78 is 5.02. The Kier molecular flexibility index (Phi) is 18.5. The second-order valence-electron chi connectivity index (χ2n) is 5.20. The average molecular weight is 303 g/mol. The van der Waals surface area contributed by atoms with Crippen molar-refractivity contribution in [3.05, 3.63) is 60.8 Å². The van der Waals surface area contributed by atoms with Crippen molar-refractivity contribution in [1.82, 2.24) is 0 Å². The van der Waals surface area contributed by atoms with Crippen LogP contribution in [0.2, 0.25) is 0 Å². The molecule has 0 aromatic rings. The molecule has 0 saturated carbocycles. The highest BCUT2D eigenvalue weighted by Gasteiger charge is 1.83. The maximum Gasteiger partial charge on any atom is 0.0462 e. The fourth-order valence-corrected chi connectivity index (χ4v) is 1.88. The van der Waals surface area contributed by atoms with Gasteiger partial charge in [0, 0.05) is 13.7 Å². The molecule has 0 rings (SSSR count). The lowest BCUT2D eigenvalue weighted by Gasteiger charge is -1.94. The van der Waals surface area contributed by atoms with Gasteiger partial charge in [-0.15, -0.1) is 0 Å². The van der Waals surface area contributed by atoms with Gasteiger partial charge in [-0.2, -0.15) is 0 Å². The Morgan fingerprint density at radius 2 is 1.05 bits per heavy atom. The summed E-state index contributed by atoms with van der Waals surface area (Å²) in [7, 11) is 1.76. The van der Waals surface area contributed by atoms with Crippen molar-refractivity contribution in [2.45, 2.75) is 58.3 Å². The quantitative estimate of drug-likeness (QED) is 0.261. The highest BCUT2D eigenvalue weighted by molar-refractivity contribution is 5.00. The fraction of sp³-hybridized carbons (Fsp3) is 0.524. The topological polar surface area (TPSA) is 9.23 Å². The van der Waals surface area contributed by atoms with Gasteiger partial charge >= 0.3 is 0 Å². The van der Waals surface area contributed by atoms with Crippen molar-refractivity contribution in [2.75, 3.05) is 13.7 Å². The van der Waals surface area contributed by atoms with E-state index < -0.39 is 0 Å². The third kappa shape index (κ3) is 18.7. The second-order valence-corrected chi connectivity index (χ2v) is 5.20. The predicted octanol–water partition coefficient (Wildman–Crippen LogP) is 6.55. The van der Waals surface area contributed by atoms with Crippen LogP contribution in [0.5, 0.6) is 0 Å². The Balaban J connectivity index is 3.40. The minimum absolute atomic E-state index is 0.880. The second kappa shape index (κ2) is 19.7. The van der Waals surface area contributed by atoms with Gasteiger partial charge in [0.05, 0.1) is 0 Å². The van der Waals surface area contributed by atoms with Crippen LogP contribution < -0.4 is 0 Å². The molecule has 22 heavy (non-hydrogen) atoms. The summed E-state index contributed by atoms with van der Waals surface area (Å²) in [6.45, 7) is 3.04. The first-order valence-electron chi connectivity index (χ1n) is 8.65. The SMILES string of the molecule is CC/C=C\C/C=C\C/C=C\C/C=C\C/C=C\CCCCOC. The number of hydrogen-bond donors (Lipinski definition) is 0. The van der Waals surface area contributed by atoms with E-state index in [0.29, 0.717) is 0 Å². The van der Waals surface area contributed by atoms with Gasteiger partial charge in [-0.1, -0.05) is 67.7 Å². The first-order chi connectivity index (χ1) is 10.9. The van der Waals surface area contributed by atoms with E-state index in [1.807, 2.05) is 0 Å². The summed E-state index contributed by atoms with van der Waals surface area (Å²) in [5, 5.41) is 0. The molecular weight excluding hydrogens is 268 g/mol. The van der Waals surface area contributed by atoms with Gasteiger partial charge in [-0.3, -0.25) is 0 Å². The van der Waals surface area contributed by atoms with E-state index in [1.165, 1.54) is 6.42 Å². The maximum absolute atomic E-state index is 5.02. The minimum atomic E-state index is 0.880. The van der Waals surface area contributed by atoms with E-state index >= 15 is 0 Å². The molecule has 0 N–H and O–H groups in total. The van der Waals surface area contributed by atoms with Crippen molar-refractivity contribution < 1.29 is 4.74 Å². The summed E-state index contributed by atoms with van der Waals surface area (Å²) in [5.74, 6) is 0. The highest BCUT2D eigenvalue weighted by Crippen LogP contribution is 1.99. The monoisotopic (exact) mass is 302 g/mol. The van der Waals surface area contributed by atoms with Crippen molar-refractivity contribution in [1.29, 1.82) is 0 Å². The molecule has 0 heterocycles. The Labute approximate surface area is 138 Å². The maximum atomic E-state index is 5.02. The molecule has 0 unspecified atom stereocenters. The normalized spacial score (nSPS) is 13.0. The lowest BCUT2D eigenvalue weighted by atomic mass is 10.2. The van der Waals surface area contributed by atoms with E-state index in [9.17, 15) is 0 Å². The molecule has 0 atom stereocenters. The predicted molar refractivity (Wildman–Crippen MR) is 100 cm³/mol. The summed E-state index contributed by atoms with van der Waals surface area (Å²) in [6.07, 6.45) is 31.2. The third-order valence-electron chi connectivity index (χ3n) is 3.13. The van der Waals surface area contributed by atoms with Gasteiger partial charge in [0.2, 0.25) is 0 Å². The standard InChI is InChI=1S/C21H34O/c1-3-4-5-6-7-8-9-10-11-12-13-14-15-16-17-18-19-20-21-22-2/h4-5,7-8,10-11,13-14,16-17H,3,6,9,12,15,18-21H2,1-2H3/b5-4-,8-7-,11-10-,14-13-,17-16-. The lowest BCUT2D eigenvalue weighted by molar-refractivity contribution is 0.193. The van der Waals surface area contributed by atoms with Crippen molar-refractivity contribution in [3.63, 3.8) is 0 Å². The molecule has 0 amide bonds. The van der Waals surface area contributed by atoms with Gasteiger partial charge < -0.3 is 4.74 Å². The van der Waals surface area contributed by atoms with Gasteiger partial charge in [0.1, 0.15) is 0 Å². The average Bonchev–Trinajstić information content (AvgIpc) is 2.54. The van der Waals surface area contributed by atoms with Crippen LogP contribution in [-0.2, 0) is 4.74 Å². The number of ether oxygens (including phenoxy) is 1. The molecule has 0 aromatic carbocycles. The summed E-state index contributed by atoms with van der Waals surface area (Å²) in [5.41, 5.74) is 0. The molecule has 1 heteroatoms. The molecular formula is C21H34O. The summed E-state index contributed by atoms with van der Waals surface area (Å²) in [6, 6.07) is 0. The largest absolute Gasteiger partial charge is 0.385 e. The number of hydrogen-bond acceptors (Lipinski definition) is 1. The Hall–Kier alpha value is -1.34. The van der Waals surface area contributed by atoms with Crippen LogP contribution in [0.3, 0.4) is 0 Å². The Bertz CT molecular complexity index is 345. The Morgan fingerprint density at radius 1 is 0.591 bits per heavy atom. The Morgan fingerprint density at radius 3 is 1.50 bits per heavy atom. The van der Waals surface area contributed by atoms with E-state index in [2.05, 4.69) is 67.7 Å². The molecule has 0 spiro atoms. The first-order valence-corrected chi connectivity index (χ1v) is 8.65. The van der Waals surface area contributed by atoms with E-state index in [1.54, 1.807) is 7.11 Å². The van der Waals surface area contributed by atoms with Crippen LogP contribution in [-0.4, -0.2) is 13.7 Å². The fourth-order valence-electron chi connectivity index (χ4n) is 1.88. The van der Waals surface area contributed by atoms with Crippen LogP contribution in [0.25, 0.3) is 0 Å². The van der Waals surface area contributed by atoms with Crippen LogP contribution in [0.1, 0.15) is 58.3 Å². The van der Waals surface area contributed by atoms with Crippen LogP contribution in [0.15, 0.2) is 60.8 Å². The molecule has 1 nitrogen and oxygen atoms in total. The molecule has 0 aliphatic rings. The lowest BCUT2D eigenvalue weighted by Crippen LogP contribution is -1.86. The molecule has 0 bridgehead atoms. The van der Waals surface area contributed by atoms with Gasteiger partial charge in [0.25, 0.3) is 0 Å². The summed E-state index contributed by atoms with van der Waals surface area (Å²) in [4.78, 5) is 0. The molecule has 0 fully saturated rings. The number of methoxy groups -OCH3 is 1. The van der Waals surface area contributed by atoms with Crippen LogP contribution >= 0.6 is 0 Å².